The molecule has 1 aromatic carbocycles. The van der Waals surface area contributed by atoms with E-state index in [1.54, 1.807) is 18.2 Å². The summed E-state index contributed by atoms with van der Waals surface area (Å²) < 4.78 is 5.77. The quantitative estimate of drug-likeness (QED) is 0.244. The Kier molecular flexibility index (Phi) is 6.99. The summed E-state index contributed by atoms with van der Waals surface area (Å²) in [6.07, 6.45) is 1.08. The average Bonchev–Trinajstić information content (AvgIpc) is 2.94. The lowest BCUT2D eigenvalue weighted by Crippen LogP contribution is -2.44. The van der Waals surface area contributed by atoms with Crippen molar-refractivity contribution in [3.8, 4) is 5.75 Å². The van der Waals surface area contributed by atoms with Crippen molar-refractivity contribution in [2.24, 2.45) is 0 Å². The Labute approximate surface area is 169 Å². The molecule has 0 spiro atoms. The van der Waals surface area contributed by atoms with Crippen LogP contribution >= 0.6 is 0 Å². The monoisotopic (exact) mass is 406 g/mol. The number of carbonyl (C=O) groups excluding carboxylic acids is 2. The fourth-order valence-corrected chi connectivity index (χ4v) is 3.47. The maximum atomic E-state index is 12.5. The number of ether oxygens (including phenoxy) is 1. The predicted octanol–water partition coefficient (Wildman–Crippen LogP) is 0.897. The Bertz CT molecular complexity index is 763. The summed E-state index contributed by atoms with van der Waals surface area (Å²) in [6.45, 7) is 5.70. The van der Waals surface area contributed by atoms with E-state index in [9.17, 15) is 19.7 Å². The highest BCUT2D eigenvalue weighted by Crippen LogP contribution is 2.27. The van der Waals surface area contributed by atoms with Crippen LogP contribution in [0.5, 0.6) is 5.75 Å². The second kappa shape index (κ2) is 9.66. The van der Waals surface area contributed by atoms with Crippen molar-refractivity contribution < 1.29 is 24.3 Å². The highest BCUT2D eigenvalue weighted by Gasteiger charge is 2.35. The molecule has 0 radical (unpaired) electrons. The third kappa shape index (κ3) is 5.42. The van der Waals surface area contributed by atoms with E-state index in [1.807, 2.05) is 0 Å². The number of hydrogen-bond donors (Lipinski definition) is 0. The van der Waals surface area contributed by atoms with Gasteiger partial charge in [-0.2, -0.15) is 0 Å². The molecular weight excluding hydrogens is 380 g/mol. The molecule has 29 heavy (non-hydrogen) atoms. The normalized spacial score (nSPS) is 17.5. The third-order valence-corrected chi connectivity index (χ3v) is 5.15. The van der Waals surface area contributed by atoms with Crippen molar-refractivity contribution in [3.63, 3.8) is 0 Å². The molecule has 1 saturated heterocycles. The third-order valence-electron chi connectivity index (χ3n) is 5.15. The molecule has 0 atom stereocenters. The Morgan fingerprint density at radius 3 is 2.41 bits per heavy atom. The minimum Gasteiger partial charge on any atom is -0.494 e. The fraction of sp³-hybridized carbons (Fsp3) is 0.579. The van der Waals surface area contributed by atoms with Gasteiger partial charge in [0.25, 0.3) is 16.9 Å². The van der Waals surface area contributed by atoms with Gasteiger partial charge in [0.1, 0.15) is 5.75 Å². The number of carbonyl (C=O) groups is 2. The molecule has 10 nitrogen and oxygen atoms in total. The molecule has 1 aromatic rings. The van der Waals surface area contributed by atoms with Crippen LogP contribution in [0.3, 0.4) is 0 Å². The van der Waals surface area contributed by atoms with E-state index in [4.69, 9.17) is 4.74 Å². The molecule has 0 aliphatic carbocycles. The lowest BCUT2D eigenvalue weighted by Gasteiger charge is -2.32. The van der Waals surface area contributed by atoms with Crippen LogP contribution in [0.15, 0.2) is 18.2 Å². The standard InChI is InChI=1S/C19H26N4O6/c1-20-8-10-21(11-9-20)6-2-12-28-15-4-5-16-17(14-15)19(25)22(18(16)24)7-3-13-29-23(26)27/h4-5,14H,2-3,6-13H2,1H3. The minimum absolute atomic E-state index is 0.0708. The van der Waals surface area contributed by atoms with Crippen LogP contribution in [-0.2, 0) is 4.84 Å². The summed E-state index contributed by atoms with van der Waals surface area (Å²) in [5.41, 5.74) is 0.636. The van der Waals surface area contributed by atoms with Crippen molar-refractivity contribution >= 4 is 11.8 Å². The molecular formula is C19H26N4O6. The molecule has 0 unspecified atom stereocenters. The molecule has 158 valence electrons. The van der Waals surface area contributed by atoms with Gasteiger partial charge >= 0.3 is 0 Å². The molecule has 0 saturated carbocycles. The van der Waals surface area contributed by atoms with Crippen molar-refractivity contribution in [3.05, 3.63) is 39.4 Å². The first kappa shape index (κ1) is 21.0. The molecule has 0 N–H and O–H groups in total. The zero-order valence-corrected chi connectivity index (χ0v) is 16.5. The predicted molar refractivity (Wildman–Crippen MR) is 103 cm³/mol. The Balaban J connectivity index is 1.47. The number of likely N-dealkylation sites (N-methyl/N-ethyl adjacent to an activating group) is 1. The first-order valence-corrected chi connectivity index (χ1v) is 9.77. The lowest BCUT2D eigenvalue weighted by molar-refractivity contribution is -0.757. The molecule has 2 amide bonds. The van der Waals surface area contributed by atoms with Gasteiger partial charge in [0.05, 0.1) is 24.3 Å². The minimum atomic E-state index is -0.893. The van der Waals surface area contributed by atoms with Crippen LogP contribution in [0, 0.1) is 10.1 Å². The number of fused-ring (bicyclic) bond motifs is 1. The van der Waals surface area contributed by atoms with E-state index in [2.05, 4.69) is 21.7 Å². The Hall–Kier alpha value is -2.72. The van der Waals surface area contributed by atoms with Crippen LogP contribution in [0.2, 0.25) is 0 Å². The van der Waals surface area contributed by atoms with Crippen molar-refractivity contribution in [1.29, 1.82) is 0 Å². The van der Waals surface area contributed by atoms with Gasteiger partial charge in [0, 0.05) is 39.3 Å². The largest absolute Gasteiger partial charge is 0.494 e. The summed E-state index contributed by atoms with van der Waals surface area (Å²) in [4.78, 5) is 45.1. The SMILES string of the molecule is CN1CCN(CCCOc2ccc3c(c2)C(=O)N(CCCO[N+](=O)[O-])C3=O)CC1. The molecule has 2 aliphatic rings. The summed E-state index contributed by atoms with van der Waals surface area (Å²) in [7, 11) is 2.13. The fourth-order valence-electron chi connectivity index (χ4n) is 3.47. The molecule has 2 heterocycles. The summed E-state index contributed by atoms with van der Waals surface area (Å²) >= 11 is 0. The highest BCUT2D eigenvalue weighted by molar-refractivity contribution is 6.21. The first-order valence-electron chi connectivity index (χ1n) is 9.77. The molecule has 0 aromatic heterocycles. The van der Waals surface area contributed by atoms with Gasteiger partial charge in [-0.1, -0.05) is 0 Å². The number of amides is 2. The topological polar surface area (TPSA) is 105 Å². The van der Waals surface area contributed by atoms with Gasteiger partial charge in [0.2, 0.25) is 0 Å². The van der Waals surface area contributed by atoms with Gasteiger partial charge in [-0.25, -0.2) is 0 Å². The van der Waals surface area contributed by atoms with Gasteiger partial charge in [0.15, 0.2) is 0 Å². The molecule has 0 bridgehead atoms. The van der Waals surface area contributed by atoms with Crippen molar-refractivity contribution in [2.75, 3.05) is 59.5 Å². The molecule has 1 fully saturated rings. The van der Waals surface area contributed by atoms with Crippen LogP contribution in [-0.4, -0.2) is 91.1 Å². The number of imide groups is 1. The number of nitrogens with zero attached hydrogens (tertiary/aromatic N) is 4. The molecule has 3 rings (SSSR count). The molecule has 10 heteroatoms. The number of hydrogen-bond acceptors (Lipinski definition) is 8. The van der Waals surface area contributed by atoms with Crippen LogP contribution in [0.1, 0.15) is 33.6 Å². The van der Waals surface area contributed by atoms with E-state index in [1.165, 1.54) is 0 Å². The Morgan fingerprint density at radius 2 is 1.69 bits per heavy atom. The van der Waals surface area contributed by atoms with E-state index in [-0.39, 0.29) is 19.6 Å². The second-order valence-electron chi connectivity index (χ2n) is 7.23. The number of piperazine rings is 1. The molecule has 2 aliphatic heterocycles. The zero-order valence-electron chi connectivity index (χ0n) is 16.5. The van der Waals surface area contributed by atoms with E-state index >= 15 is 0 Å². The average molecular weight is 406 g/mol. The van der Waals surface area contributed by atoms with E-state index in [0.29, 0.717) is 23.5 Å². The Morgan fingerprint density at radius 1 is 1.00 bits per heavy atom. The summed E-state index contributed by atoms with van der Waals surface area (Å²) in [6, 6.07) is 4.89. The van der Waals surface area contributed by atoms with Gasteiger partial charge in [-0.05, 0) is 38.1 Å². The lowest BCUT2D eigenvalue weighted by atomic mass is 10.1. The van der Waals surface area contributed by atoms with E-state index < -0.39 is 16.9 Å². The van der Waals surface area contributed by atoms with Crippen LogP contribution in [0.4, 0.5) is 0 Å². The highest BCUT2D eigenvalue weighted by atomic mass is 16.9. The van der Waals surface area contributed by atoms with Gasteiger partial charge in [-0.15, -0.1) is 10.1 Å². The van der Waals surface area contributed by atoms with Crippen LogP contribution in [0.25, 0.3) is 0 Å². The number of rotatable bonds is 10. The first-order chi connectivity index (χ1) is 14.0. The maximum Gasteiger partial charge on any atom is 0.294 e. The van der Waals surface area contributed by atoms with Crippen molar-refractivity contribution in [1.82, 2.24) is 14.7 Å². The van der Waals surface area contributed by atoms with Crippen molar-refractivity contribution in [2.45, 2.75) is 12.8 Å². The van der Waals surface area contributed by atoms with E-state index in [0.717, 1.165) is 44.0 Å². The second-order valence-corrected chi connectivity index (χ2v) is 7.23. The maximum absolute atomic E-state index is 12.5. The summed E-state index contributed by atoms with van der Waals surface area (Å²) in [5, 5.41) is 9.28. The summed E-state index contributed by atoms with van der Waals surface area (Å²) in [5.74, 6) is -0.247. The van der Waals surface area contributed by atoms with Gasteiger partial charge < -0.3 is 19.4 Å². The number of benzene rings is 1. The van der Waals surface area contributed by atoms with Crippen LogP contribution < -0.4 is 4.74 Å². The smallest absolute Gasteiger partial charge is 0.294 e. The van der Waals surface area contributed by atoms with Gasteiger partial charge in [-0.3, -0.25) is 14.5 Å². The zero-order chi connectivity index (χ0) is 20.8.